The molecule has 3 aromatic rings. The predicted molar refractivity (Wildman–Crippen MR) is 112 cm³/mol. The summed E-state index contributed by atoms with van der Waals surface area (Å²) in [5, 5.41) is 7.29. The average molecular weight is 399 g/mol. The lowest BCUT2D eigenvalue weighted by Gasteiger charge is -2.16. The maximum atomic E-state index is 11.9. The van der Waals surface area contributed by atoms with Gasteiger partial charge in [0.05, 0.1) is 35.9 Å². The van der Waals surface area contributed by atoms with Gasteiger partial charge in [-0.2, -0.15) is 5.10 Å². The molecule has 0 radical (unpaired) electrons. The molecule has 1 unspecified atom stereocenters. The number of hydrogen-bond donors (Lipinski definition) is 1. The van der Waals surface area contributed by atoms with Gasteiger partial charge < -0.3 is 4.90 Å². The first kappa shape index (κ1) is 19.2. The summed E-state index contributed by atoms with van der Waals surface area (Å²) in [4.78, 5) is 1.39. The van der Waals surface area contributed by atoms with Crippen LogP contribution in [0.2, 0.25) is 0 Å². The van der Waals surface area contributed by atoms with E-state index in [1.807, 2.05) is 11.6 Å². The van der Waals surface area contributed by atoms with Crippen molar-refractivity contribution in [3.63, 3.8) is 0 Å². The van der Waals surface area contributed by atoms with E-state index in [4.69, 9.17) is 5.10 Å². The number of fused-ring (bicyclic) bond motifs is 1. The van der Waals surface area contributed by atoms with Crippen molar-refractivity contribution < 1.29 is 13.3 Å². The van der Waals surface area contributed by atoms with E-state index >= 15 is 0 Å². The normalized spacial score (nSPS) is 19.9. The first-order valence-corrected chi connectivity index (χ1v) is 11.7. The average Bonchev–Trinajstić information content (AvgIpc) is 3.15. The summed E-state index contributed by atoms with van der Waals surface area (Å²) < 4.78 is 25.7. The van der Waals surface area contributed by atoms with E-state index in [2.05, 4.69) is 56.4 Å². The summed E-state index contributed by atoms with van der Waals surface area (Å²) in [6.45, 7) is 5.92. The van der Waals surface area contributed by atoms with Gasteiger partial charge in [-0.3, -0.25) is 4.68 Å². The number of benzene rings is 2. The highest BCUT2D eigenvalue weighted by Gasteiger charge is 2.31. The van der Waals surface area contributed by atoms with Crippen LogP contribution < -0.4 is 4.90 Å². The molecule has 1 aliphatic rings. The van der Waals surface area contributed by atoms with Crippen molar-refractivity contribution in [3.05, 3.63) is 65.0 Å². The molecule has 1 aliphatic heterocycles. The molecule has 0 bridgehead atoms. The Morgan fingerprint density at radius 3 is 2.61 bits per heavy atom. The summed E-state index contributed by atoms with van der Waals surface area (Å²) in [5.41, 5.74) is 4.71. The minimum Gasteiger partial charge on any atom is -0.330 e. The second-order valence-corrected chi connectivity index (χ2v) is 10.3. The highest BCUT2D eigenvalue weighted by molar-refractivity contribution is 7.91. The molecule has 148 valence electrons. The summed E-state index contributed by atoms with van der Waals surface area (Å²) in [6, 6.07) is 15.0. The van der Waals surface area contributed by atoms with Crippen LogP contribution in [0.1, 0.15) is 35.0 Å². The summed E-state index contributed by atoms with van der Waals surface area (Å²) in [7, 11) is -0.708. The summed E-state index contributed by atoms with van der Waals surface area (Å²) in [5.74, 6) is 0.491. The van der Waals surface area contributed by atoms with Crippen LogP contribution >= 0.6 is 0 Å². The van der Waals surface area contributed by atoms with Crippen molar-refractivity contribution in [1.82, 2.24) is 9.78 Å². The van der Waals surface area contributed by atoms with Gasteiger partial charge in [0.25, 0.3) is 0 Å². The smallest absolute Gasteiger partial charge is 0.152 e. The molecular formula is C22H28N3O2S+. The third-order valence-corrected chi connectivity index (χ3v) is 7.63. The molecule has 5 nitrogen and oxygen atoms in total. The molecule has 0 spiro atoms. The minimum absolute atomic E-state index is 0.0178. The molecule has 0 aliphatic carbocycles. The van der Waals surface area contributed by atoms with Crippen LogP contribution in [-0.2, 0) is 22.9 Å². The van der Waals surface area contributed by atoms with Crippen LogP contribution in [0.15, 0.2) is 42.5 Å². The Morgan fingerprint density at radius 2 is 1.86 bits per heavy atom. The standard InChI is InChI=1S/C22H27N3O2S/c1-16-22(17(2)25(23-16)20-11-12-28(26,27)15-20)14-24(3)13-19-9-6-8-18-7-4-5-10-21(18)19/h4-10,20H,11-15H2,1-3H3/p+1/t20-/m1/s1. The molecule has 0 amide bonds. The first-order valence-electron chi connectivity index (χ1n) is 9.87. The van der Waals surface area contributed by atoms with Crippen LogP contribution in [0.3, 0.4) is 0 Å². The topological polar surface area (TPSA) is 56.4 Å². The number of rotatable bonds is 5. The molecule has 6 heteroatoms. The quantitative estimate of drug-likeness (QED) is 0.717. The molecule has 1 saturated heterocycles. The molecule has 2 atom stereocenters. The predicted octanol–water partition coefficient (Wildman–Crippen LogP) is 2.23. The van der Waals surface area contributed by atoms with E-state index in [1.54, 1.807) is 0 Å². The minimum atomic E-state index is -2.91. The highest BCUT2D eigenvalue weighted by atomic mass is 32.2. The third-order valence-electron chi connectivity index (χ3n) is 5.88. The van der Waals surface area contributed by atoms with Crippen molar-refractivity contribution in [3.8, 4) is 0 Å². The van der Waals surface area contributed by atoms with Gasteiger partial charge in [0.2, 0.25) is 0 Å². The van der Waals surface area contributed by atoms with Crippen molar-refractivity contribution in [1.29, 1.82) is 0 Å². The van der Waals surface area contributed by atoms with Crippen LogP contribution in [0.5, 0.6) is 0 Å². The molecule has 1 fully saturated rings. The number of nitrogens with one attached hydrogen (secondary N) is 1. The second kappa shape index (κ2) is 7.33. The van der Waals surface area contributed by atoms with Crippen molar-refractivity contribution in [2.24, 2.45) is 0 Å². The molecule has 2 heterocycles. The molecule has 1 aromatic heterocycles. The zero-order chi connectivity index (χ0) is 19.9. The third kappa shape index (κ3) is 3.71. The van der Waals surface area contributed by atoms with Gasteiger partial charge in [-0.05, 0) is 31.0 Å². The number of aryl methyl sites for hydroxylation is 1. The summed E-state index contributed by atoms with van der Waals surface area (Å²) >= 11 is 0. The Hall–Kier alpha value is -2.18. The molecule has 2 aromatic carbocycles. The fourth-order valence-corrected chi connectivity index (χ4v) is 6.10. The van der Waals surface area contributed by atoms with Crippen molar-refractivity contribution in [2.45, 2.75) is 39.4 Å². The molecule has 0 saturated carbocycles. The molecule has 1 N–H and O–H groups in total. The number of nitrogens with zero attached hydrogens (tertiary/aromatic N) is 2. The van der Waals surface area contributed by atoms with Gasteiger partial charge in [0, 0.05) is 11.3 Å². The van der Waals surface area contributed by atoms with Gasteiger partial charge in [0.15, 0.2) is 9.84 Å². The van der Waals surface area contributed by atoms with Crippen molar-refractivity contribution >= 4 is 20.6 Å². The monoisotopic (exact) mass is 398 g/mol. The Balaban J connectivity index is 1.54. The zero-order valence-corrected chi connectivity index (χ0v) is 17.6. The molecular weight excluding hydrogens is 370 g/mol. The van der Waals surface area contributed by atoms with E-state index < -0.39 is 9.84 Å². The molecule has 4 rings (SSSR count). The van der Waals surface area contributed by atoms with Crippen LogP contribution in [-0.4, -0.2) is 36.8 Å². The lowest BCUT2D eigenvalue weighted by Crippen LogP contribution is -3.06. The number of sulfone groups is 1. The Morgan fingerprint density at radius 1 is 1.11 bits per heavy atom. The zero-order valence-electron chi connectivity index (χ0n) is 16.8. The van der Waals surface area contributed by atoms with Gasteiger partial charge in [-0.15, -0.1) is 0 Å². The van der Waals surface area contributed by atoms with Crippen LogP contribution in [0.25, 0.3) is 10.8 Å². The highest BCUT2D eigenvalue weighted by Crippen LogP contribution is 2.26. The largest absolute Gasteiger partial charge is 0.330 e. The van der Waals surface area contributed by atoms with E-state index in [1.165, 1.54) is 26.8 Å². The van der Waals surface area contributed by atoms with Crippen LogP contribution in [0.4, 0.5) is 0 Å². The fourth-order valence-electron chi connectivity index (χ4n) is 4.41. The fraction of sp³-hybridized carbons (Fsp3) is 0.409. The second-order valence-electron chi connectivity index (χ2n) is 8.10. The van der Waals surface area contributed by atoms with Gasteiger partial charge in [0.1, 0.15) is 13.1 Å². The lowest BCUT2D eigenvalue weighted by atomic mass is 10.0. The van der Waals surface area contributed by atoms with E-state index in [-0.39, 0.29) is 17.5 Å². The van der Waals surface area contributed by atoms with E-state index in [0.717, 1.165) is 24.5 Å². The SMILES string of the molecule is Cc1nn([C@@H]2CCS(=O)(=O)C2)c(C)c1C[NH+](C)Cc1cccc2ccccc12. The van der Waals surface area contributed by atoms with Gasteiger partial charge in [-0.25, -0.2) is 8.42 Å². The van der Waals surface area contributed by atoms with Crippen LogP contribution in [0, 0.1) is 13.8 Å². The maximum absolute atomic E-state index is 11.9. The van der Waals surface area contributed by atoms with E-state index in [0.29, 0.717) is 6.42 Å². The number of hydrogen-bond acceptors (Lipinski definition) is 3. The maximum Gasteiger partial charge on any atom is 0.152 e. The van der Waals surface area contributed by atoms with Gasteiger partial charge >= 0.3 is 0 Å². The van der Waals surface area contributed by atoms with Crippen molar-refractivity contribution in [2.75, 3.05) is 18.6 Å². The Bertz CT molecular complexity index is 1110. The Kier molecular flexibility index (Phi) is 5.02. The molecule has 28 heavy (non-hydrogen) atoms. The van der Waals surface area contributed by atoms with Gasteiger partial charge in [-0.1, -0.05) is 42.5 Å². The number of aromatic nitrogens is 2. The first-order chi connectivity index (χ1) is 13.3. The summed E-state index contributed by atoms with van der Waals surface area (Å²) in [6.07, 6.45) is 0.669. The Labute approximate surface area is 166 Å². The lowest BCUT2D eigenvalue weighted by molar-refractivity contribution is -0.907. The van der Waals surface area contributed by atoms with E-state index in [9.17, 15) is 8.42 Å². The number of quaternary nitrogens is 1.